The number of aromatic hydroxyl groups is 6. The summed E-state index contributed by atoms with van der Waals surface area (Å²) in [7, 11) is 0. The first-order valence-electron chi connectivity index (χ1n) is 15.6. The van der Waals surface area contributed by atoms with Crippen molar-refractivity contribution >= 4 is 12.2 Å². The van der Waals surface area contributed by atoms with Gasteiger partial charge in [-0.3, -0.25) is 0 Å². The van der Waals surface area contributed by atoms with Crippen LogP contribution in [0, 0.1) is 5.92 Å². The third kappa shape index (κ3) is 5.01. The summed E-state index contributed by atoms with van der Waals surface area (Å²) < 4.78 is 13.8. The quantitative estimate of drug-likeness (QED) is 0.0959. The average molecular weight is 633 g/mol. The minimum atomic E-state index is -1.61. The molecule has 8 nitrogen and oxygen atoms in total. The summed E-state index contributed by atoms with van der Waals surface area (Å²) >= 11 is 0. The van der Waals surface area contributed by atoms with Gasteiger partial charge in [-0.1, -0.05) is 41.5 Å². The molecule has 240 valence electrons. The van der Waals surface area contributed by atoms with Gasteiger partial charge in [0.25, 0.3) is 5.79 Å². The van der Waals surface area contributed by atoms with Crippen molar-refractivity contribution in [3.63, 3.8) is 0 Å². The molecule has 4 aromatic rings. The molecule has 0 aromatic heterocycles. The second kappa shape index (κ2) is 11.1. The van der Waals surface area contributed by atoms with Gasteiger partial charge in [0.2, 0.25) is 0 Å². The summed E-state index contributed by atoms with van der Waals surface area (Å²) in [5, 5.41) is 64.8. The van der Waals surface area contributed by atoms with Gasteiger partial charge < -0.3 is 40.1 Å². The predicted molar refractivity (Wildman–Crippen MR) is 178 cm³/mol. The fourth-order valence-corrected chi connectivity index (χ4v) is 7.38. The van der Waals surface area contributed by atoms with E-state index in [1.54, 1.807) is 48.6 Å². The van der Waals surface area contributed by atoms with Crippen molar-refractivity contribution in [3.8, 4) is 46.0 Å². The van der Waals surface area contributed by atoms with Crippen LogP contribution in [0.15, 0.2) is 84.0 Å². The molecule has 1 aliphatic carbocycles. The Labute approximate surface area is 272 Å². The van der Waals surface area contributed by atoms with Crippen LogP contribution in [-0.2, 0) is 12.2 Å². The number of benzene rings is 4. The Hall–Kier alpha value is -5.50. The fraction of sp³-hybridized carbons (Fsp3) is 0.231. The van der Waals surface area contributed by atoms with E-state index in [1.165, 1.54) is 18.2 Å². The van der Waals surface area contributed by atoms with E-state index in [0.29, 0.717) is 45.7 Å². The van der Waals surface area contributed by atoms with Crippen LogP contribution in [-0.4, -0.2) is 30.6 Å². The zero-order valence-corrected chi connectivity index (χ0v) is 26.2. The number of hydrogen-bond donors (Lipinski definition) is 6. The maximum absolute atomic E-state index is 11.9. The molecule has 0 radical (unpaired) electrons. The zero-order valence-electron chi connectivity index (χ0n) is 26.2. The number of allylic oxidation sites excluding steroid dienone is 4. The van der Waals surface area contributed by atoms with Crippen LogP contribution in [0.4, 0.5) is 0 Å². The molecule has 4 atom stereocenters. The van der Waals surface area contributed by atoms with Gasteiger partial charge in [-0.2, -0.15) is 0 Å². The Morgan fingerprint density at radius 2 is 1.55 bits per heavy atom. The normalized spacial score (nSPS) is 22.3. The van der Waals surface area contributed by atoms with E-state index in [-0.39, 0.29) is 52.8 Å². The summed E-state index contributed by atoms with van der Waals surface area (Å²) in [6.45, 7) is 5.94. The van der Waals surface area contributed by atoms with Crippen LogP contribution in [0.2, 0.25) is 0 Å². The maximum Gasteiger partial charge on any atom is 0.285 e. The monoisotopic (exact) mass is 632 g/mol. The second-order valence-electron chi connectivity index (χ2n) is 12.9. The van der Waals surface area contributed by atoms with Crippen molar-refractivity contribution in [1.82, 2.24) is 0 Å². The number of fused-ring (bicyclic) bond motifs is 4. The summed E-state index contributed by atoms with van der Waals surface area (Å²) in [5.74, 6) is -2.14. The van der Waals surface area contributed by atoms with E-state index >= 15 is 0 Å². The molecule has 47 heavy (non-hydrogen) atoms. The van der Waals surface area contributed by atoms with Gasteiger partial charge in [-0.25, -0.2) is 0 Å². The molecule has 2 aliphatic heterocycles. The number of phenols is 6. The van der Waals surface area contributed by atoms with Gasteiger partial charge in [0.15, 0.2) is 0 Å². The molecule has 0 amide bonds. The molecular weight excluding hydrogens is 596 g/mol. The van der Waals surface area contributed by atoms with Crippen LogP contribution in [0.5, 0.6) is 46.0 Å². The van der Waals surface area contributed by atoms with Crippen molar-refractivity contribution < 1.29 is 40.1 Å². The first-order valence-corrected chi connectivity index (χ1v) is 15.6. The lowest BCUT2D eigenvalue weighted by molar-refractivity contribution is -0.198. The van der Waals surface area contributed by atoms with Gasteiger partial charge in [-0.05, 0) is 87.2 Å². The Kier molecular flexibility index (Phi) is 7.12. The molecule has 8 heteroatoms. The Morgan fingerprint density at radius 1 is 0.809 bits per heavy atom. The van der Waals surface area contributed by atoms with Crippen LogP contribution in [0.1, 0.15) is 72.4 Å². The molecule has 0 bridgehead atoms. The summed E-state index contributed by atoms with van der Waals surface area (Å²) in [4.78, 5) is 0. The van der Waals surface area contributed by atoms with Crippen LogP contribution < -0.4 is 9.47 Å². The molecule has 0 unspecified atom stereocenters. The lowest BCUT2D eigenvalue weighted by atomic mass is 9.61. The van der Waals surface area contributed by atoms with Gasteiger partial charge >= 0.3 is 0 Å². The number of ether oxygens (including phenoxy) is 2. The smallest absolute Gasteiger partial charge is 0.285 e. The molecule has 0 fully saturated rings. The Bertz CT molecular complexity index is 2020. The third-order valence-electron chi connectivity index (χ3n) is 9.48. The topological polar surface area (TPSA) is 140 Å². The average Bonchev–Trinajstić information content (AvgIpc) is 2.99. The van der Waals surface area contributed by atoms with E-state index in [9.17, 15) is 30.6 Å². The van der Waals surface area contributed by atoms with E-state index < -0.39 is 11.7 Å². The number of phenolic OH excluding ortho intramolecular Hbond substituents is 6. The Morgan fingerprint density at radius 3 is 2.32 bits per heavy atom. The highest BCUT2D eigenvalue weighted by molar-refractivity contribution is 5.75. The lowest BCUT2D eigenvalue weighted by Gasteiger charge is -2.55. The standard InChI is InChI=1S/C39H36O8/c1-20(2)4-10-27-31(42)13-12-30(38(27)45)39-37-28(26-11-9-25(41)19-34(26)46-39)14-21(3)15-29(37)36-33(44)16-22(17-35(36)47-39)5-6-23-7-8-24(40)18-32(23)43/h4-9,11-13,15-19,28-29,37,40-45H,10,14H2,1-3H3/b6-5+/t28-,29-,37-,39+/m0/s1. The SMILES string of the molecule is CC(C)=CCc1c(O)ccc([C@@]23Oc4cc(O)ccc4[C@@H]4CC(C)=C[C@@H](c5c(O)cc(/C=C/c6ccc(O)cc6O)cc5O2)[C@H]43)c1O. The minimum Gasteiger partial charge on any atom is -0.508 e. The summed E-state index contributed by atoms with van der Waals surface area (Å²) in [6, 6.07) is 15.9. The summed E-state index contributed by atoms with van der Waals surface area (Å²) in [6.07, 6.45) is 8.37. The molecule has 6 N–H and O–H groups in total. The van der Waals surface area contributed by atoms with Crippen LogP contribution in [0.25, 0.3) is 12.2 Å². The van der Waals surface area contributed by atoms with Crippen molar-refractivity contribution in [3.05, 3.63) is 117 Å². The highest BCUT2D eigenvalue weighted by Gasteiger charge is 2.62. The van der Waals surface area contributed by atoms with Crippen LogP contribution in [0.3, 0.4) is 0 Å². The highest BCUT2D eigenvalue weighted by Crippen LogP contribution is 2.65. The van der Waals surface area contributed by atoms with Gasteiger partial charge in [0.05, 0.1) is 11.5 Å². The number of hydrogen-bond acceptors (Lipinski definition) is 8. The zero-order chi connectivity index (χ0) is 33.2. The first-order chi connectivity index (χ1) is 22.4. The largest absolute Gasteiger partial charge is 0.508 e. The molecule has 0 saturated carbocycles. The molecule has 0 saturated heterocycles. The van der Waals surface area contributed by atoms with E-state index in [4.69, 9.17) is 9.47 Å². The summed E-state index contributed by atoms with van der Waals surface area (Å²) in [5.41, 5.74) is 5.33. The molecule has 7 rings (SSSR count). The fourth-order valence-electron chi connectivity index (χ4n) is 7.38. The van der Waals surface area contributed by atoms with Crippen molar-refractivity contribution in [2.24, 2.45) is 5.92 Å². The maximum atomic E-state index is 11.9. The molecular formula is C39H36O8. The van der Waals surface area contributed by atoms with Crippen molar-refractivity contribution in [2.45, 2.75) is 51.2 Å². The molecule has 3 aliphatic rings. The van der Waals surface area contributed by atoms with E-state index in [1.807, 2.05) is 26.0 Å². The highest BCUT2D eigenvalue weighted by atomic mass is 16.7. The number of rotatable bonds is 5. The molecule has 2 heterocycles. The molecule has 0 spiro atoms. The van der Waals surface area contributed by atoms with E-state index in [2.05, 4.69) is 13.0 Å². The van der Waals surface area contributed by atoms with Gasteiger partial charge in [0, 0.05) is 40.7 Å². The van der Waals surface area contributed by atoms with E-state index in [0.717, 1.165) is 16.7 Å². The van der Waals surface area contributed by atoms with Gasteiger partial charge in [-0.15, -0.1) is 0 Å². The first kappa shape index (κ1) is 30.2. The Balaban J connectivity index is 1.45. The third-order valence-corrected chi connectivity index (χ3v) is 9.48. The van der Waals surface area contributed by atoms with Crippen molar-refractivity contribution in [1.29, 1.82) is 0 Å². The van der Waals surface area contributed by atoms with Crippen molar-refractivity contribution in [2.75, 3.05) is 0 Å². The lowest BCUT2D eigenvalue weighted by Crippen LogP contribution is -2.56. The molecule has 4 aromatic carbocycles. The van der Waals surface area contributed by atoms with Gasteiger partial charge in [0.1, 0.15) is 46.0 Å². The minimum absolute atomic E-state index is 0.0231. The predicted octanol–water partition coefficient (Wildman–Crippen LogP) is 8.07. The second-order valence-corrected chi connectivity index (χ2v) is 12.9. The van der Waals surface area contributed by atoms with Crippen LogP contribution >= 0.6 is 0 Å².